The van der Waals surface area contributed by atoms with Crippen LogP contribution in [-0.2, 0) is 0 Å². The molecule has 1 aromatic rings. The first kappa shape index (κ1) is 14.9. The van der Waals surface area contributed by atoms with Crippen LogP contribution in [0.3, 0.4) is 0 Å². The van der Waals surface area contributed by atoms with Crippen molar-refractivity contribution in [1.29, 1.82) is 0 Å². The summed E-state index contributed by atoms with van der Waals surface area (Å²) >= 11 is 0. The molecule has 2 heteroatoms. The molecule has 0 aliphatic heterocycles. The smallest absolute Gasteiger partial charge is 0.115 e. The van der Waals surface area contributed by atoms with E-state index < -0.39 is 6.10 Å². The fourth-order valence-corrected chi connectivity index (χ4v) is 2.98. The van der Waals surface area contributed by atoms with Gasteiger partial charge >= 0.3 is 0 Å². The summed E-state index contributed by atoms with van der Waals surface area (Å²) < 4.78 is 0. The quantitative estimate of drug-likeness (QED) is 0.850. The molecule has 0 fully saturated rings. The second kappa shape index (κ2) is 5.84. The summed E-state index contributed by atoms with van der Waals surface area (Å²) in [7, 11) is 0. The lowest BCUT2D eigenvalue weighted by Gasteiger charge is -2.33. The van der Waals surface area contributed by atoms with Crippen LogP contribution in [0.1, 0.15) is 51.7 Å². The van der Waals surface area contributed by atoms with Crippen LogP contribution in [-0.4, -0.2) is 10.2 Å². The second-order valence-corrected chi connectivity index (χ2v) is 6.33. The first-order chi connectivity index (χ1) is 9.40. The third-order valence-electron chi connectivity index (χ3n) is 4.22. The van der Waals surface area contributed by atoms with Crippen LogP contribution in [0.15, 0.2) is 47.6 Å². The van der Waals surface area contributed by atoms with Crippen LogP contribution in [0, 0.1) is 5.41 Å². The zero-order valence-electron chi connectivity index (χ0n) is 12.6. The lowest BCUT2D eigenvalue weighted by molar-refractivity contribution is 0.228. The number of hydrogen-bond donors (Lipinski definition) is 2. The Kier molecular flexibility index (Phi) is 4.34. The molecule has 0 radical (unpaired) electrons. The third kappa shape index (κ3) is 3.31. The number of allylic oxidation sites excluding steroid dienone is 3. The van der Waals surface area contributed by atoms with Crippen LogP contribution in [0.4, 0.5) is 0 Å². The van der Waals surface area contributed by atoms with Crippen molar-refractivity contribution in [2.75, 3.05) is 0 Å². The van der Waals surface area contributed by atoms with Crippen molar-refractivity contribution in [3.8, 4) is 5.75 Å². The Bertz CT molecular complexity index is 521. The molecular weight excluding hydrogens is 248 g/mol. The summed E-state index contributed by atoms with van der Waals surface area (Å²) in [4.78, 5) is 0. The van der Waals surface area contributed by atoms with Crippen LogP contribution >= 0.6 is 0 Å². The van der Waals surface area contributed by atoms with Crippen LogP contribution in [0.2, 0.25) is 0 Å². The second-order valence-electron chi connectivity index (χ2n) is 6.33. The van der Waals surface area contributed by atoms with E-state index in [1.165, 1.54) is 24.0 Å². The highest BCUT2D eigenvalue weighted by Crippen LogP contribution is 2.41. The first-order valence-corrected chi connectivity index (χ1v) is 7.25. The van der Waals surface area contributed by atoms with Gasteiger partial charge in [0.2, 0.25) is 0 Å². The summed E-state index contributed by atoms with van der Waals surface area (Å²) in [5.74, 6) is 0.219. The lowest BCUT2D eigenvalue weighted by Crippen LogP contribution is -2.19. The van der Waals surface area contributed by atoms with E-state index in [-0.39, 0.29) is 11.2 Å². The zero-order chi connectivity index (χ0) is 14.8. The Labute approximate surface area is 121 Å². The maximum Gasteiger partial charge on any atom is 0.115 e. The van der Waals surface area contributed by atoms with Crippen molar-refractivity contribution in [1.82, 2.24) is 0 Å². The van der Waals surface area contributed by atoms with Gasteiger partial charge in [0.25, 0.3) is 0 Å². The minimum Gasteiger partial charge on any atom is -0.508 e. The van der Waals surface area contributed by atoms with Crippen LogP contribution < -0.4 is 0 Å². The minimum absolute atomic E-state index is 0.188. The van der Waals surface area contributed by atoms with Crippen LogP contribution in [0.5, 0.6) is 5.75 Å². The van der Waals surface area contributed by atoms with E-state index >= 15 is 0 Å². The molecule has 0 aromatic heterocycles. The van der Waals surface area contributed by atoms with Gasteiger partial charge < -0.3 is 10.2 Å². The van der Waals surface area contributed by atoms with Gasteiger partial charge in [0.05, 0.1) is 6.10 Å². The molecule has 1 aliphatic carbocycles. The number of rotatable bonds is 3. The van der Waals surface area contributed by atoms with Crippen molar-refractivity contribution in [3.63, 3.8) is 0 Å². The van der Waals surface area contributed by atoms with E-state index in [4.69, 9.17) is 0 Å². The number of aliphatic hydroxyl groups is 1. The van der Waals surface area contributed by atoms with E-state index in [0.717, 1.165) is 12.0 Å². The molecule has 1 atom stereocenters. The SMILES string of the molecule is CC1=C(C=CC(O)c2ccc(O)cc2)C(C)(C)CCC1. The largest absolute Gasteiger partial charge is 0.508 e. The number of benzene rings is 1. The molecule has 2 nitrogen and oxygen atoms in total. The van der Waals surface area contributed by atoms with Crippen molar-refractivity contribution < 1.29 is 10.2 Å². The predicted octanol–water partition coefficient (Wildman–Crippen LogP) is 4.51. The molecule has 0 heterocycles. The number of hydrogen-bond acceptors (Lipinski definition) is 2. The topological polar surface area (TPSA) is 40.5 Å². The fraction of sp³-hybridized carbons (Fsp3) is 0.444. The summed E-state index contributed by atoms with van der Waals surface area (Å²) in [6.07, 6.45) is 6.88. The average Bonchev–Trinajstić information content (AvgIpc) is 2.38. The Hall–Kier alpha value is -1.54. The average molecular weight is 272 g/mol. The summed E-state index contributed by atoms with van der Waals surface area (Å²) in [5, 5.41) is 19.5. The fourth-order valence-electron chi connectivity index (χ4n) is 2.98. The maximum atomic E-state index is 10.2. The van der Waals surface area contributed by atoms with Gasteiger partial charge in [0.15, 0.2) is 0 Å². The van der Waals surface area contributed by atoms with Crippen LogP contribution in [0.25, 0.3) is 0 Å². The third-order valence-corrected chi connectivity index (χ3v) is 4.22. The van der Waals surface area contributed by atoms with E-state index in [9.17, 15) is 10.2 Å². The standard InChI is InChI=1S/C18H24O2/c1-13-5-4-12-18(2,3)16(13)10-11-17(20)14-6-8-15(19)9-7-14/h6-11,17,19-20H,4-5,12H2,1-3H3. The van der Waals surface area contributed by atoms with Crippen molar-refractivity contribution >= 4 is 0 Å². The molecule has 0 bridgehead atoms. The van der Waals surface area contributed by atoms with Crippen molar-refractivity contribution in [2.24, 2.45) is 5.41 Å². The molecule has 20 heavy (non-hydrogen) atoms. The van der Waals surface area contributed by atoms with E-state index in [1.807, 2.05) is 6.08 Å². The highest BCUT2D eigenvalue weighted by atomic mass is 16.3. The zero-order valence-corrected chi connectivity index (χ0v) is 12.6. The number of phenols is 1. The molecule has 0 saturated heterocycles. The minimum atomic E-state index is -0.631. The normalized spacial score (nSPS) is 20.4. The molecule has 1 unspecified atom stereocenters. The van der Waals surface area contributed by atoms with Gasteiger partial charge in [-0.05, 0) is 54.9 Å². The highest BCUT2D eigenvalue weighted by molar-refractivity contribution is 5.35. The van der Waals surface area contributed by atoms with Gasteiger partial charge in [0, 0.05) is 0 Å². The number of aromatic hydroxyl groups is 1. The Morgan fingerprint density at radius 3 is 2.45 bits per heavy atom. The Balaban J connectivity index is 2.18. The van der Waals surface area contributed by atoms with Gasteiger partial charge in [-0.25, -0.2) is 0 Å². The first-order valence-electron chi connectivity index (χ1n) is 7.25. The van der Waals surface area contributed by atoms with E-state index in [2.05, 4.69) is 26.8 Å². The molecular formula is C18H24O2. The molecule has 108 valence electrons. The Morgan fingerprint density at radius 2 is 1.85 bits per heavy atom. The van der Waals surface area contributed by atoms with Gasteiger partial charge in [-0.15, -0.1) is 0 Å². The maximum absolute atomic E-state index is 10.2. The predicted molar refractivity (Wildman–Crippen MR) is 82.5 cm³/mol. The van der Waals surface area contributed by atoms with Gasteiger partial charge in [-0.3, -0.25) is 0 Å². The monoisotopic (exact) mass is 272 g/mol. The number of aliphatic hydroxyl groups excluding tert-OH is 1. The molecule has 0 saturated carbocycles. The number of phenolic OH excluding ortho intramolecular Hbond substituents is 1. The summed E-state index contributed by atoms with van der Waals surface area (Å²) in [6.45, 7) is 6.72. The molecule has 0 spiro atoms. The van der Waals surface area contributed by atoms with Gasteiger partial charge in [-0.2, -0.15) is 0 Å². The van der Waals surface area contributed by atoms with E-state index in [1.54, 1.807) is 24.3 Å². The summed E-state index contributed by atoms with van der Waals surface area (Å²) in [6, 6.07) is 6.69. The van der Waals surface area contributed by atoms with Gasteiger partial charge in [-0.1, -0.05) is 43.7 Å². The van der Waals surface area contributed by atoms with Crippen molar-refractivity contribution in [2.45, 2.75) is 46.1 Å². The summed E-state index contributed by atoms with van der Waals surface area (Å²) in [5.41, 5.74) is 3.76. The van der Waals surface area contributed by atoms with Crippen molar-refractivity contribution in [3.05, 3.63) is 53.1 Å². The van der Waals surface area contributed by atoms with Gasteiger partial charge in [0.1, 0.15) is 5.75 Å². The lowest BCUT2D eigenvalue weighted by atomic mass is 9.72. The molecule has 2 N–H and O–H groups in total. The highest BCUT2D eigenvalue weighted by Gasteiger charge is 2.26. The molecule has 2 rings (SSSR count). The Morgan fingerprint density at radius 1 is 1.20 bits per heavy atom. The van der Waals surface area contributed by atoms with E-state index in [0.29, 0.717) is 0 Å². The molecule has 1 aromatic carbocycles. The molecule has 1 aliphatic rings. The molecule has 0 amide bonds.